The average molecular weight is 399 g/mol. The van der Waals surface area contributed by atoms with Gasteiger partial charge in [0.2, 0.25) is 11.0 Å². The van der Waals surface area contributed by atoms with Crippen LogP contribution in [0, 0.1) is 0 Å². The molecule has 0 aliphatic carbocycles. The summed E-state index contributed by atoms with van der Waals surface area (Å²) >= 11 is 2.88. The summed E-state index contributed by atoms with van der Waals surface area (Å²) in [5, 5.41) is 12.3. The molecule has 1 heterocycles. The fourth-order valence-corrected chi connectivity index (χ4v) is 4.17. The van der Waals surface area contributed by atoms with Crippen molar-refractivity contribution >= 4 is 39.8 Å². The lowest BCUT2D eigenvalue weighted by molar-refractivity contribution is -0.130. The first-order valence-electron chi connectivity index (χ1n) is 8.73. The lowest BCUT2D eigenvalue weighted by atomic mass is 10.2. The van der Waals surface area contributed by atoms with Gasteiger partial charge in [-0.05, 0) is 31.5 Å². The summed E-state index contributed by atoms with van der Waals surface area (Å²) < 4.78 is 0.783. The van der Waals surface area contributed by atoms with Crippen molar-refractivity contribution in [2.24, 2.45) is 0 Å². The van der Waals surface area contributed by atoms with Crippen LogP contribution < -0.4 is 5.32 Å². The van der Waals surface area contributed by atoms with E-state index in [0.29, 0.717) is 12.3 Å². The van der Waals surface area contributed by atoms with Crippen molar-refractivity contribution in [2.75, 3.05) is 11.1 Å². The van der Waals surface area contributed by atoms with E-state index in [4.69, 9.17) is 0 Å². The fraction of sp³-hybridized carbons (Fsp3) is 0.250. The van der Waals surface area contributed by atoms with Crippen molar-refractivity contribution in [1.29, 1.82) is 0 Å². The fourth-order valence-electron chi connectivity index (χ4n) is 2.51. The Kier molecular flexibility index (Phi) is 6.84. The Hall–Kier alpha value is -2.38. The molecule has 0 radical (unpaired) electrons. The van der Waals surface area contributed by atoms with E-state index in [-0.39, 0.29) is 11.9 Å². The number of carbonyl (C=O) groups is 1. The molecule has 2 aromatic carbocycles. The minimum atomic E-state index is 0.103. The molecular weight excluding hydrogens is 376 g/mol. The SMILES string of the molecule is CC(C)N(Cc1ccccc1)C(=O)CSc1nnc(Nc2ccccc2)s1. The smallest absolute Gasteiger partial charge is 0.233 e. The number of para-hydroxylation sites is 1. The second-order valence-corrected chi connectivity index (χ2v) is 8.45. The number of thioether (sulfide) groups is 1. The molecule has 1 N–H and O–H groups in total. The number of anilines is 2. The maximum atomic E-state index is 12.7. The summed E-state index contributed by atoms with van der Waals surface area (Å²) in [6, 6.07) is 20.0. The number of carbonyl (C=O) groups excluding carboxylic acids is 1. The van der Waals surface area contributed by atoms with E-state index in [1.54, 1.807) is 0 Å². The first kappa shape index (κ1) is 19.4. The third-order valence-corrected chi connectivity index (χ3v) is 5.85. The standard InChI is InChI=1S/C20H22N4OS2/c1-15(2)24(13-16-9-5-3-6-10-16)18(25)14-26-20-23-22-19(27-20)21-17-11-7-4-8-12-17/h3-12,15H,13-14H2,1-2H3,(H,21,22). The molecule has 1 aromatic heterocycles. The summed E-state index contributed by atoms with van der Waals surface area (Å²) in [6.45, 7) is 4.70. The Bertz CT molecular complexity index is 853. The zero-order valence-electron chi connectivity index (χ0n) is 15.3. The van der Waals surface area contributed by atoms with Crippen molar-refractivity contribution in [3.05, 3.63) is 66.2 Å². The summed E-state index contributed by atoms with van der Waals surface area (Å²) in [7, 11) is 0. The van der Waals surface area contributed by atoms with Crippen LogP contribution in [0.3, 0.4) is 0 Å². The molecule has 5 nitrogen and oxygen atoms in total. The van der Waals surface area contributed by atoms with Gasteiger partial charge in [-0.2, -0.15) is 0 Å². The van der Waals surface area contributed by atoms with Crippen LogP contribution >= 0.6 is 23.1 Å². The van der Waals surface area contributed by atoms with Crippen LogP contribution in [0.2, 0.25) is 0 Å². The number of aromatic nitrogens is 2. The molecule has 0 unspecified atom stereocenters. The van der Waals surface area contributed by atoms with Gasteiger partial charge in [-0.15, -0.1) is 10.2 Å². The predicted molar refractivity (Wildman–Crippen MR) is 112 cm³/mol. The topological polar surface area (TPSA) is 58.1 Å². The van der Waals surface area contributed by atoms with E-state index < -0.39 is 0 Å². The molecular formula is C20H22N4OS2. The van der Waals surface area contributed by atoms with Gasteiger partial charge in [-0.3, -0.25) is 4.79 Å². The Labute approximate surface area is 167 Å². The molecule has 3 aromatic rings. The number of benzene rings is 2. The minimum Gasteiger partial charge on any atom is -0.335 e. The Balaban J connectivity index is 1.56. The van der Waals surface area contributed by atoms with Crippen LogP contribution in [-0.4, -0.2) is 32.8 Å². The van der Waals surface area contributed by atoms with Gasteiger partial charge in [0.1, 0.15) is 0 Å². The molecule has 0 saturated heterocycles. The summed E-state index contributed by atoms with van der Waals surface area (Å²) in [4.78, 5) is 14.6. The molecule has 140 valence electrons. The number of nitrogens with one attached hydrogen (secondary N) is 1. The molecule has 0 saturated carbocycles. The van der Waals surface area contributed by atoms with Gasteiger partial charge < -0.3 is 10.2 Å². The largest absolute Gasteiger partial charge is 0.335 e. The van der Waals surface area contributed by atoms with Gasteiger partial charge in [0.25, 0.3) is 0 Å². The van der Waals surface area contributed by atoms with Gasteiger partial charge in [-0.25, -0.2) is 0 Å². The minimum absolute atomic E-state index is 0.103. The van der Waals surface area contributed by atoms with Crippen molar-refractivity contribution < 1.29 is 4.79 Å². The van der Waals surface area contributed by atoms with Gasteiger partial charge in [0, 0.05) is 18.3 Å². The van der Waals surface area contributed by atoms with E-state index in [2.05, 4.69) is 15.5 Å². The lowest BCUT2D eigenvalue weighted by Crippen LogP contribution is -2.37. The van der Waals surface area contributed by atoms with E-state index in [1.807, 2.05) is 79.4 Å². The van der Waals surface area contributed by atoms with E-state index in [1.165, 1.54) is 23.1 Å². The highest BCUT2D eigenvalue weighted by Gasteiger charge is 2.18. The zero-order valence-corrected chi connectivity index (χ0v) is 17.0. The number of amides is 1. The Morgan fingerprint density at radius 3 is 2.41 bits per heavy atom. The highest BCUT2D eigenvalue weighted by atomic mass is 32.2. The van der Waals surface area contributed by atoms with E-state index in [9.17, 15) is 4.79 Å². The van der Waals surface area contributed by atoms with E-state index in [0.717, 1.165) is 20.7 Å². The van der Waals surface area contributed by atoms with E-state index >= 15 is 0 Å². The first-order chi connectivity index (χ1) is 13.1. The van der Waals surface area contributed by atoms with Crippen LogP contribution in [-0.2, 0) is 11.3 Å². The quantitative estimate of drug-likeness (QED) is 0.552. The van der Waals surface area contributed by atoms with Crippen LogP contribution in [0.1, 0.15) is 19.4 Å². The number of nitrogens with zero attached hydrogens (tertiary/aromatic N) is 3. The van der Waals surface area contributed by atoms with Gasteiger partial charge >= 0.3 is 0 Å². The zero-order chi connectivity index (χ0) is 19.1. The summed E-state index contributed by atoms with van der Waals surface area (Å²) in [5.74, 6) is 0.456. The van der Waals surface area contributed by atoms with Crippen molar-refractivity contribution in [3.8, 4) is 0 Å². The molecule has 0 atom stereocenters. The van der Waals surface area contributed by atoms with Gasteiger partial charge in [0.15, 0.2) is 4.34 Å². The monoisotopic (exact) mass is 398 g/mol. The number of hydrogen-bond donors (Lipinski definition) is 1. The molecule has 0 aliphatic rings. The summed E-state index contributed by atoms with van der Waals surface area (Å²) in [6.07, 6.45) is 0. The molecule has 0 aliphatic heterocycles. The van der Waals surface area contributed by atoms with Crippen molar-refractivity contribution in [1.82, 2.24) is 15.1 Å². The predicted octanol–water partition coefficient (Wildman–Crippen LogP) is 4.81. The molecule has 0 fully saturated rings. The highest BCUT2D eigenvalue weighted by Crippen LogP contribution is 2.28. The van der Waals surface area contributed by atoms with Crippen LogP contribution in [0.5, 0.6) is 0 Å². The maximum absolute atomic E-state index is 12.7. The Morgan fingerprint density at radius 1 is 1.07 bits per heavy atom. The van der Waals surface area contributed by atoms with Crippen LogP contribution in [0.25, 0.3) is 0 Å². The third kappa shape index (κ3) is 5.80. The summed E-state index contributed by atoms with van der Waals surface area (Å²) in [5.41, 5.74) is 2.10. The average Bonchev–Trinajstić information content (AvgIpc) is 3.13. The lowest BCUT2D eigenvalue weighted by Gasteiger charge is -2.26. The molecule has 1 amide bonds. The molecule has 0 spiro atoms. The van der Waals surface area contributed by atoms with Crippen molar-refractivity contribution in [3.63, 3.8) is 0 Å². The second kappa shape index (κ2) is 9.53. The van der Waals surface area contributed by atoms with Gasteiger partial charge in [-0.1, -0.05) is 71.6 Å². The third-order valence-electron chi connectivity index (χ3n) is 3.89. The normalized spacial score (nSPS) is 10.8. The van der Waals surface area contributed by atoms with Crippen molar-refractivity contribution in [2.45, 2.75) is 30.8 Å². The van der Waals surface area contributed by atoms with Gasteiger partial charge in [0.05, 0.1) is 5.75 Å². The molecule has 0 bridgehead atoms. The second-order valence-electron chi connectivity index (χ2n) is 6.25. The molecule has 7 heteroatoms. The first-order valence-corrected chi connectivity index (χ1v) is 10.5. The highest BCUT2D eigenvalue weighted by molar-refractivity contribution is 8.01. The molecule has 27 heavy (non-hydrogen) atoms. The molecule has 3 rings (SSSR count). The number of rotatable bonds is 8. The van der Waals surface area contributed by atoms with Crippen LogP contribution in [0.4, 0.5) is 10.8 Å². The maximum Gasteiger partial charge on any atom is 0.233 e. The number of hydrogen-bond acceptors (Lipinski definition) is 6. The Morgan fingerprint density at radius 2 is 1.74 bits per heavy atom. The van der Waals surface area contributed by atoms with Crippen LogP contribution in [0.15, 0.2) is 65.0 Å².